The van der Waals surface area contributed by atoms with Gasteiger partial charge in [-0.1, -0.05) is 18.2 Å². The minimum Gasteiger partial charge on any atom is -0.505 e. The van der Waals surface area contributed by atoms with Gasteiger partial charge in [0.1, 0.15) is 0 Å². The van der Waals surface area contributed by atoms with E-state index in [4.69, 9.17) is 5.11 Å². The van der Waals surface area contributed by atoms with Gasteiger partial charge in [-0.3, -0.25) is 4.68 Å². The lowest BCUT2D eigenvalue weighted by Crippen LogP contribution is -2.01. The van der Waals surface area contributed by atoms with Gasteiger partial charge >= 0.3 is 0 Å². The minimum atomic E-state index is 0.205. The Morgan fingerprint density at radius 3 is 2.79 bits per heavy atom. The van der Waals surface area contributed by atoms with Crippen LogP contribution >= 0.6 is 22.6 Å². The summed E-state index contributed by atoms with van der Waals surface area (Å²) in [6.45, 7) is 0.694. The second-order valence-corrected chi connectivity index (χ2v) is 4.15. The average molecular weight is 300 g/mol. The van der Waals surface area contributed by atoms with E-state index in [2.05, 4.69) is 39.8 Å². The fourth-order valence-corrected chi connectivity index (χ4v) is 1.80. The van der Waals surface area contributed by atoms with Crippen molar-refractivity contribution in [3.8, 4) is 5.75 Å². The zero-order chi connectivity index (χ0) is 9.97. The highest BCUT2D eigenvalue weighted by Crippen LogP contribution is 2.13. The number of nitrogens with zero attached hydrogens (tertiary/aromatic N) is 2. The van der Waals surface area contributed by atoms with Crippen molar-refractivity contribution in [3.63, 3.8) is 0 Å². The van der Waals surface area contributed by atoms with E-state index in [0.717, 1.165) is 0 Å². The summed E-state index contributed by atoms with van der Waals surface area (Å²) in [6, 6.07) is 8.12. The van der Waals surface area contributed by atoms with Crippen molar-refractivity contribution in [2.24, 2.45) is 0 Å². The predicted octanol–water partition coefficient (Wildman–Crippen LogP) is 2.24. The molecule has 72 valence electrons. The van der Waals surface area contributed by atoms with E-state index in [9.17, 15) is 0 Å². The first-order valence-electron chi connectivity index (χ1n) is 4.20. The van der Waals surface area contributed by atoms with Gasteiger partial charge in [0.25, 0.3) is 0 Å². The molecule has 1 N–H and O–H groups in total. The van der Waals surface area contributed by atoms with Gasteiger partial charge in [-0.15, -0.1) is 0 Å². The molecule has 0 saturated carbocycles. The topological polar surface area (TPSA) is 38.1 Å². The molecule has 0 spiro atoms. The molecule has 0 amide bonds. The van der Waals surface area contributed by atoms with Crippen molar-refractivity contribution in [2.75, 3.05) is 0 Å². The average Bonchev–Trinajstić information content (AvgIpc) is 2.56. The van der Waals surface area contributed by atoms with Crippen molar-refractivity contribution in [3.05, 3.63) is 45.8 Å². The van der Waals surface area contributed by atoms with Gasteiger partial charge in [-0.25, -0.2) is 0 Å². The molecule has 4 heteroatoms. The highest BCUT2D eigenvalue weighted by atomic mass is 127. The van der Waals surface area contributed by atoms with E-state index in [-0.39, 0.29) is 5.75 Å². The number of aromatic nitrogens is 2. The Kier molecular flexibility index (Phi) is 2.72. The van der Waals surface area contributed by atoms with Crippen LogP contribution in [0.5, 0.6) is 5.75 Å². The summed E-state index contributed by atoms with van der Waals surface area (Å²) in [7, 11) is 0. The molecule has 0 aliphatic heterocycles. The third-order valence-electron chi connectivity index (χ3n) is 1.91. The second kappa shape index (κ2) is 4.00. The molecule has 0 bridgehead atoms. The van der Waals surface area contributed by atoms with Gasteiger partial charge in [-0.05, 0) is 34.2 Å². The molecular weight excluding hydrogens is 291 g/mol. The summed E-state index contributed by atoms with van der Waals surface area (Å²) in [5.74, 6) is 0.205. The quantitative estimate of drug-likeness (QED) is 0.864. The molecule has 0 fully saturated rings. The maximum atomic E-state index is 9.12. The lowest BCUT2D eigenvalue weighted by Gasteiger charge is -2.03. The van der Waals surface area contributed by atoms with Gasteiger partial charge in [-0.2, -0.15) is 5.10 Å². The Morgan fingerprint density at radius 1 is 1.36 bits per heavy atom. The minimum absolute atomic E-state index is 0.205. The number of halogens is 1. The monoisotopic (exact) mass is 300 g/mol. The van der Waals surface area contributed by atoms with E-state index in [1.807, 2.05) is 12.1 Å². The van der Waals surface area contributed by atoms with Crippen molar-refractivity contribution >= 4 is 22.6 Å². The molecule has 2 aromatic rings. The smallest absolute Gasteiger partial charge is 0.153 e. The molecule has 0 aliphatic rings. The molecule has 0 radical (unpaired) electrons. The zero-order valence-corrected chi connectivity index (χ0v) is 9.55. The first-order chi connectivity index (χ1) is 6.75. The molecule has 1 aromatic carbocycles. The number of aromatic hydroxyl groups is 1. The maximum absolute atomic E-state index is 9.12. The van der Waals surface area contributed by atoms with Crippen LogP contribution in [0.4, 0.5) is 0 Å². The molecule has 2 rings (SSSR count). The fraction of sp³-hybridized carbons (Fsp3) is 0.100. The van der Waals surface area contributed by atoms with Crippen LogP contribution in [-0.4, -0.2) is 14.9 Å². The molecule has 1 aromatic heterocycles. The van der Waals surface area contributed by atoms with Gasteiger partial charge < -0.3 is 5.11 Å². The second-order valence-electron chi connectivity index (χ2n) is 2.99. The Morgan fingerprint density at radius 2 is 2.14 bits per heavy atom. The first-order valence-corrected chi connectivity index (χ1v) is 5.28. The Bertz CT molecular complexity index is 439. The molecular formula is C10H9IN2O. The van der Waals surface area contributed by atoms with Crippen LogP contribution in [0, 0.1) is 3.57 Å². The van der Waals surface area contributed by atoms with Crippen molar-refractivity contribution in [2.45, 2.75) is 6.54 Å². The van der Waals surface area contributed by atoms with Gasteiger partial charge in [0.05, 0.1) is 18.9 Å². The molecule has 14 heavy (non-hydrogen) atoms. The Balaban J connectivity index is 2.23. The summed E-state index contributed by atoms with van der Waals surface area (Å²) in [4.78, 5) is 0. The lowest BCUT2D eigenvalue weighted by molar-refractivity contribution is 0.474. The van der Waals surface area contributed by atoms with Crippen LogP contribution in [0.15, 0.2) is 36.7 Å². The third kappa shape index (κ3) is 2.06. The summed E-state index contributed by atoms with van der Waals surface area (Å²) in [6.07, 6.45) is 3.05. The van der Waals surface area contributed by atoms with Crippen LogP contribution in [0.1, 0.15) is 5.56 Å². The molecule has 0 saturated heterocycles. The van der Waals surface area contributed by atoms with Crippen molar-refractivity contribution < 1.29 is 5.11 Å². The predicted molar refractivity (Wildman–Crippen MR) is 62.2 cm³/mol. The van der Waals surface area contributed by atoms with Gasteiger partial charge in [0.15, 0.2) is 5.75 Å². The van der Waals surface area contributed by atoms with Crippen LogP contribution in [-0.2, 0) is 6.54 Å². The number of hydrogen-bond acceptors (Lipinski definition) is 2. The highest BCUT2D eigenvalue weighted by molar-refractivity contribution is 14.1. The van der Waals surface area contributed by atoms with E-state index < -0.39 is 0 Å². The standard InChI is InChI=1S/C10H9IN2O/c11-10-4-2-1-3-8(10)6-13-7-9(14)5-12-13/h1-5,7,14H,6H2. The number of hydrogen-bond donors (Lipinski definition) is 1. The molecule has 1 heterocycles. The Labute approximate surface area is 95.5 Å². The van der Waals surface area contributed by atoms with Crippen LogP contribution in [0.3, 0.4) is 0 Å². The summed E-state index contributed by atoms with van der Waals surface area (Å²) >= 11 is 2.29. The summed E-state index contributed by atoms with van der Waals surface area (Å²) in [5.41, 5.74) is 1.20. The third-order valence-corrected chi connectivity index (χ3v) is 2.96. The molecule has 3 nitrogen and oxygen atoms in total. The number of rotatable bonds is 2. The molecule has 0 atom stereocenters. The van der Waals surface area contributed by atoms with E-state index in [0.29, 0.717) is 6.54 Å². The molecule has 0 aliphatic carbocycles. The molecule has 0 unspecified atom stereocenters. The highest BCUT2D eigenvalue weighted by Gasteiger charge is 2.00. The largest absolute Gasteiger partial charge is 0.505 e. The van der Waals surface area contributed by atoms with Crippen molar-refractivity contribution in [1.29, 1.82) is 0 Å². The fourth-order valence-electron chi connectivity index (χ4n) is 1.24. The van der Waals surface area contributed by atoms with Gasteiger partial charge in [0, 0.05) is 3.57 Å². The first kappa shape index (κ1) is 9.51. The SMILES string of the molecule is Oc1cnn(Cc2ccccc2I)c1. The summed E-state index contributed by atoms with van der Waals surface area (Å²) in [5, 5.41) is 13.1. The van der Waals surface area contributed by atoms with Gasteiger partial charge in [0.2, 0.25) is 0 Å². The Hall–Kier alpha value is -1.04. The van der Waals surface area contributed by atoms with E-state index >= 15 is 0 Å². The van der Waals surface area contributed by atoms with E-state index in [1.165, 1.54) is 15.3 Å². The van der Waals surface area contributed by atoms with Crippen LogP contribution < -0.4 is 0 Å². The van der Waals surface area contributed by atoms with Crippen molar-refractivity contribution in [1.82, 2.24) is 9.78 Å². The normalized spacial score (nSPS) is 10.4. The van der Waals surface area contributed by atoms with Crippen LogP contribution in [0.25, 0.3) is 0 Å². The van der Waals surface area contributed by atoms with Crippen LogP contribution in [0.2, 0.25) is 0 Å². The summed E-state index contributed by atoms with van der Waals surface area (Å²) < 4.78 is 2.92. The zero-order valence-electron chi connectivity index (χ0n) is 7.39. The number of benzene rings is 1. The van der Waals surface area contributed by atoms with E-state index in [1.54, 1.807) is 10.9 Å². The maximum Gasteiger partial charge on any atom is 0.153 e. The lowest BCUT2D eigenvalue weighted by atomic mass is 10.2.